The highest BCUT2D eigenvalue weighted by Gasteiger charge is 2.17. The molecule has 1 heterocycles. The number of anilines is 1. The Balaban J connectivity index is 1.94. The summed E-state index contributed by atoms with van der Waals surface area (Å²) in [5, 5.41) is 2.59. The maximum atomic E-state index is 13.7. The number of benzene rings is 1. The van der Waals surface area contributed by atoms with Gasteiger partial charge in [0.25, 0.3) is 0 Å². The van der Waals surface area contributed by atoms with E-state index < -0.39 is 17.4 Å². The molecule has 0 aliphatic heterocycles. The van der Waals surface area contributed by atoms with Gasteiger partial charge in [-0.25, -0.2) is 9.37 Å². The summed E-state index contributed by atoms with van der Waals surface area (Å²) in [5.41, 5.74) is 0.334. The molecule has 1 N–H and O–H groups in total. The smallest absolute Gasteiger partial charge is 0.325 e. The van der Waals surface area contributed by atoms with Gasteiger partial charge in [0.1, 0.15) is 18.8 Å². The van der Waals surface area contributed by atoms with Crippen LogP contribution in [0.15, 0.2) is 36.5 Å². The van der Waals surface area contributed by atoms with E-state index in [0.717, 1.165) is 11.8 Å². The van der Waals surface area contributed by atoms with Gasteiger partial charge in [-0.15, -0.1) is 0 Å². The molecule has 6 nitrogen and oxygen atoms in total. The predicted octanol–water partition coefficient (Wildman–Crippen LogP) is 2.95. The summed E-state index contributed by atoms with van der Waals surface area (Å²) in [6, 6.07) is 9.48. The van der Waals surface area contributed by atoms with Crippen LogP contribution in [0.25, 0.3) is 0 Å². The highest BCUT2D eigenvalue weighted by Crippen LogP contribution is 2.15. The van der Waals surface area contributed by atoms with E-state index in [-0.39, 0.29) is 25.0 Å². The number of nitrogens with one attached hydrogen (secondary N) is 1. The van der Waals surface area contributed by atoms with Crippen molar-refractivity contribution in [3.63, 3.8) is 0 Å². The lowest BCUT2D eigenvalue weighted by molar-refractivity contribution is -0.152. The topological polar surface area (TPSA) is 73.3 Å². The van der Waals surface area contributed by atoms with Crippen LogP contribution < -0.4 is 10.1 Å². The average Bonchev–Trinajstić information content (AvgIpc) is 2.52. The zero-order valence-corrected chi connectivity index (χ0v) is 13.9. The van der Waals surface area contributed by atoms with Gasteiger partial charge >= 0.3 is 12.0 Å². The normalized spacial score (nSPS) is 11.0. The molecule has 1 aromatic heterocycles. The molecule has 0 spiro atoms. The van der Waals surface area contributed by atoms with Crippen molar-refractivity contribution >= 4 is 11.8 Å². The van der Waals surface area contributed by atoms with Crippen LogP contribution in [-0.4, -0.2) is 28.1 Å². The summed E-state index contributed by atoms with van der Waals surface area (Å²) in [7, 11) is 0. The fourth-order valence-electron chi connectivity index (χ4n) is 1.80. The van der Waals surface area contributed by atoms with Crippen LogP contribution >= 0.6 is 0 Å². The SMILES string of the molecule is CC(C)(C)OC(=O)CNc1nc(OCc2ccccc2)ncc1F. The van der Waals surface area contributed by atoms with Gasteiger partial charge in [-0.2, -0.15) is 4.98 Å². The van der Waals surface area contributed by atoms with Crippen molar-refractivity contribution in [1.82, 2.24) is 9.97 Å². The first-order valence-electron chi connectivity index (χ1n) is 7.48. The molecule has 1 aromatic carbocycles. The number of ether oxygens (including phenoxy) is 2. The molecule has 2 rings (SSSR count). The lowest BCUT2D eigenvalue weighted by Gasteiger charge is -2.19. The zero-order chi connectivity index (χ0) is 17.6. The number of rotatable bonds is 6. The molecule has 0 bridgehead atoms. The minimum atomic E-state index is -0.675. The minimum Gasteiger partial charge on any atom is -0.459 e. The molecule has 2 aromatic rings. The van der Waals surface area contributed by atoms with Gasteiger partial charge < -0.3 is 14.8 Å². The summed E-state index contributed by atoms with van der Waals surface area (Å²) in [6.45, 7) is 5.32. The van der Waals surface area contributed by atoms with E-state index in [1.807, 2.05) is 30.3 Å². The Bertz CT molecular complexity index is 687. The molecule has 0 fully saturated rings. The third-order valence-corrected chi connectivity index (χ3v) is 2.75. The van der Waals surface area contributed by atoms with E-state index >= 15 is 0 Å². The molecule has 0 atom stereocenters. The second-order valence-corrected chi connectivity index (χ2v) is 6.06. The highest BCUT2D eigenvalue weighted by atomic mass is 19.1. The third-order valence-electron chi connectivity index (χ3n) is 2.75. The number of halogens is 1. The molecule has 0 aliphatic rings. The molecular formula is C17H20FN3O3. The summed E-state index contributed by atoms with van der Waals surface area (Å²) in [6.07, 6.45) is 0.991. The second kappa shape index (κ2) is 7.72. The van der Waals surface area contributed by atoms with E-state index in [1.54, 1.807) is 20.8 Å². The first-order chi connectivity index (χ1) is 11.3. The lowest BCUT2D eigenvalue weighted by Crippen LogP contribution is -2.28. The molecular weight excluding hydrogens is 313 g/mol. The van der Waals surface area contributed by atoms with Gasteiger partial charge in [0, 0.05) is 0 Å². The van der Waals surface area contributed by atoms with Gasteiger partial charge in [0.15, 0.2) is 11.6 Å². The summed E-state index contributed by atoms with van der Waals surface area (Å²) >= 11 is 0. The molecule has 0 amide bonds. The Labute approximate surface area is 140 Å². The molecule has 128 valence electrons. The quantitative estimate of drug-likeness (QED) is 0.819. The summed E-state index contributed by atoms with van der Waals surface area (Å²) in [4.78, 5) is 19.4. The van der Waals surface area contributed by atoms with E-state index in [2.05, 4.69) is 15.3 Å². The molecule has 7 heteroatoms. The van der Waals surface area contributed by atoms with E-state index in [9.17, 15) is 9.18 Å². The van der Waals surface area contributed by atoms with Crippen molar-refractivity contribution in [2.45, 2.75) is 33.0 Å². The Morgan fingerprint density at radius 3 is 2.62 bits per heavy atom. The first kappa shape index (κ1) is 17.7. The Morgan fingerprint density at radius 1 is 1.25 bits per heavy atom. The zero-order valence-electron chi connectivity index (χ0n) is 13.9. The molecule has 0 radical (unpaired) electrons. The molecule has 0 saturated heterocycles. The van der Waals surface area contributed by atoms with Crippen molar-refractivity contribution in [3.05, 3.63) is 47.9 Å². The number of hydrogen-bond donors (Lipinski definition) is 1. The predicted molar refractivity (Wildman–Crippen MR) is 87.1 cm³/mol. The lowest BCUT2D eigenvalue weighted by atomic mass is 10.2. The number of carbonyl (C=O) groups is 1. The van der Waals surface area contributed by atoms with Gasteiger partial charge in [-0.3, -0.25) is 4.79 Å². The van der Waals surface area contributed by atoms with Crippen LogP contribution in [-0.2, 0) is 16.1 Å². The van der Waals surface area contributed by atoms with Crippen LogP contribution in [0.5, 0.6) is 6.01 Å². The van der Waals surface area contributed by atoms with E-state index in [1.165, 1.54) is 0 Å². The Hall–Kier alpha value is -2.70. The fourth-order valence-corrected chi connectivity index (χ4v) is 1.80. The number of esters is 1. The van der Waals surface area contributed by atoms with Crippen molar-refractivity contribution in [2.75, 3.05) is 11.9 Å². The fraction of sp³-hybridized carbons (Fsp3) is 0.353. The standard InChI is InChI=1S/C17H20FN3O3/c1-17(2,3)24-14(22)10-19-15-13(18)9-20-16(21-15)23-11-12-7-5-4-6-8-12/h4-9H,10-11H2,1-3H3,(H,19,20,21). The second-order valence-electron chi connectivity index (χ2n) is 6.06. The minimum absolute atomic E-state index is 0.0203. The molecule has 0 unspecified atom stereocenters. The number of carbonyl (C=O) groups excluding carboxylic acids is 1. The van der Waals surface area contributed by atoms with Crippen molar-refractivity contribution in [3.8, 4) is 6.01 Å². The molecule has 0 saturated carbocycles. The number of nitrogens with zero attached hydrogens (tertiary/aromatic N) is 2. The van der Waals surface area contributed by atoms with Crippen LogP contribution in [0, 0.1) is 5.82 Å². The van der Waals surface area contributed by atoms with Gasteiger partial charge in [-0.05, 0) is 26.3 Å². The number of hydrogen-bond acceptors (Lipinski definition) is 6. The Morgan fingerprint density at radius 2 is 1.96 bits per heavy atom. The monoisotopic (exact) mass is 333 g/mol. The summed E-state index contributed by atoms with van der Waals surface area (Å²) in [5.74, 6) is -1.29. The van der Waals surface area contributed by atoms with Gasteiger partial charge in [-0.1, -0.05) is 30.3 Å². The first-order valence-corrected chi connectivity index (χ1v) is 7.48. The average molecular weight is 333 g/mol. The van der Waals surface area contributed by atoms with Crippen molar-refractivity contribution < 1.29 is 18.7 Å². The molecule has 24 heavy (non-hydrogen) atoms. The highest BCUT2D eigenvalue weighted by molar-refractivity contribution is 5.75. The maximum absolute atomic E-state index is 13.7. The molecule has 0 aliphatic carbocycles. The largest absolute Gasteiger partial charge is 0.459 e. The third kappa shape index (κ3) is 5.83. The van der Waals surface area contributed by atoms with Gasteiger partial charge in [0.2, 0.25) is 0 Å². The van der Waals surface area contributed by atoms with Crippen LogP contribution in [0.1, 0.15) is 26.3 Å². The van der Waals surface area contributed by atoms with Crippen LogP contribution in [0.3, 0.4) is 0 Å². The van der Waals surface area contributed by atoms with E-state index in [4.69, 9.17) is 9.47 Å². The number of aromatic nitrogens is 2. The Kier molecular flexibility index (Phi) is 5.68. The van der Waals surface area contributed by atoms with Crippen LogP contribution in [0.4, 0.5) is 10.2 Å². The van der Waals surface area contributed by atoms with Crippen molar-refractivity contribution in [2.24, 2.45) is 0 Å². The maximum Gasteiger partial charge on any atom is 0.325 e. The van der Waals surface area contributed by atoms with Gasteiger partial charge in [0.05, 0.1) is 6.20 Å². The summed E-state index contributed by atoms with van der Waals surface area (Å²) < 4.78 is 24.3. The van der Waals surface area contributed by atoms with E-state index in [0.29, 0.717) is 0 Å². The van der Waals surface area contributed by atoms with Crippen LogP contribution in [0.2, 0.25) is 0 Å². The van der Waals surface area contributed by atoms with Crippen molar-refractivity contribution in [1.29, 1.82) is 0 Å².